The van der Waals surface area contributed by atoms with Gasteiger partial charge in [0.1, 0.15) is 5.82 Å². The van der Waals surface area contributed by atoms with Crippen LogP contribution in [0.1, 0.15) is 25.0 Å². The highest BCUT2D eigenvalue weighted by molar-refractivity contribution is 5.35. The normalized spacial score (nSPS) is 18.9. The minimum atomic E-state index is -0.158. The second-order valence-electron chi connectivity index (χ2n) is 5.63. The van der Waals surface area contributed by atoms with Crippen molar-refractivity contribution < 1.29 is 9.13 Å². The molecule has 1 aromatic carbocycles. The summed E-state index contributed by atoms with van der Waals surface area (Å²) < 4.78 is 18.7. The third kappa shape index (κ3) is 1.78. The molecule has 0 aromatic heterocycles. The number of nitrogens with two attached hydrogens (primary N) is 1. The molecule has 2 rings (SSSR count). The first-order valence-electron chi connectivity index (χ1n) is 5.97. The second-order valence-corrected chi connectivity index (χ2v) is 5.63. The summed E-state index contributed by atoms with van der Waals surface area (Å²) in [6.07, 6.45) is 0. The maximum absolute atomic E-state index is 13.3. The van der Waals surface area contributed by atoms with Crippen molar-refractivity contribution in [3.63, 3.8) is 0 Å². The van der Waals surface area contributed by atoms with Gasteiger partial charge in [0.05, 0.1) is 13.2 Å². The van der Waals surface area contributed by atoms with E-state index in [0.29, 0.717) is 25.3 Å². The lowest BCUT2D eigenvalue weighted by Crippen LogP contribution is -2.59. The van der Waals surface area contributed by atoms with Gasteiger partial charge in [0.15, 0.2) is 0 Å². The number of halogens is 1. The first-order valence-corrected chi connectivity index (χ1v) is 5.97. The SMILES string of the molecule is Cc1cc(C2(C(C)(C)CN)COC2)ccc1F. The minimum Gasteiger partial charge on any atom is -0.379 e. The van der Waals surface area contributed by atoms with Gasteiger partial charge >= 0.3 is 0 Å². The lowest BCUT2D eigenvalue weighted by atomic mass is 9.60. The Hall–Kier alpha value is -0.930. The Labute approximate surface area is 102 Å². The van der Waals surface area contributed by atoms with Crippen LogP contribution in [0.2, 0.25) is 0 Å². The quantitative estimate of drug-likeness (QED) is 0.876. The molecule has 1 saturated heterocycles. The Morgan fingerprint density at radius 1 is 1.41 bits per heavy atom. The van der Waals surface area contributed by atoms with Crippen LogP contribution in [-0.4, -0.2) is 19.8 Å². The molecular weight excluding hydrogens is 217 g/mol. The van der Waals surface area contributed by atoms with E-state index in [1.54, 1.807) is 6.92 Å². The molecule has 0 spiro atoms. The first kappa shape index (κ1) is 12.5. The molecule has 0 amide bonds. The van der Waals surface area contributed by atoms with Crippen LogP contribution in [-0.2, 0) is 10.2 Å². The molecule has 0 aliphatic carbocycles. The van der Waals surface area contributed by atoms with Crippen molar-refractivity contribution in [2.75, 3.05) is 19.8 Å². The summed E-state index contributed by atoms with van der Waals surface area (Å²) in [6.45, 7) is 8.02. The Balaban J connectivity index is 2.45. The van der Waals surface area contributed by atoms with Crippen LogP contribution in [0.3, 0.4) is 0 Å². The maximum Gasteiger partial charge on any atom is 0.126 e. The predicted octanol–water partition coefficient (Wildman–Crippen LogP) is 2.39. The van der Waals surface area contributed by atoms with E-state index in [4.69, 9.17) is 10.5 Å². The van der Waals surface area contributed by atoms with Gasteiger partial charge in [-0.25, -0.2) is 4.39 Å². The predicted molar refractivity (Wildman–Crippen MR) is 66.5 cm³/mol. The molecule has 2 N–H and O–H groups in total. The van der Waals surface area contributed by atoms with E-state index in [1.807, 2.05) is 12.1 Å². The van der Waals surface area contributed by atoms with Gasteiger partial charge in [-0.2, -0.15) is 0 Å². The van der Waals surface area contributed by atoms with Crippen molar-refractivity contribution in [1.29, 1.82) is 0 Å². The standard InChI is InChI=1S/C14H20FNO/c1-10-6-11(4-5-12(10)15)14(8-17-9-14)13(2,3)7-16/h4-6H,7-9,16H2,1-3H3. The van der Waals surface area contributed by atoms with Gasteiger partial charge in [0.2, 0.25) is 0 Å². The summed E-state index contributed by atoms with van der Waals surface area (Å²) in [6, 6.07) is 5.33. The van der Waals surface area contributed by atoms with Crippen molar-refractivity contribution in [3.05, 3.63) is 35.1 Å². The van der Waals surface area contributed by atoms with E-state index >= 15 is 0 Å². The lowest BCUT2D eigenvalue weighted by molar-refractivity contribution is -0.116. The van der Waals surface area contributed by atoms with E-state index in [1.165, 1.54) is 6.07 Å². The Morgan fingerprint density at radius 2 is 2.06 bits per heavy atom. The summed E-state index contributed by atoms with van der Waals surface area (Å²) >= 11 is 0. The fourth-order valence-electron chi connectivity index (χ4n) is 2.39. The Morgan fingerprint density at radius 3 is 2.47 bits per heavy atom. The zero-order chi connectivity index (χ0) is 12.7. The molecule has 3 heteroatoms. The number of hydrogen-bond acceptors (Lipinski definition) is 2. The lowest BCUT2D eigenvalue weighted by Gasteiger charge is -2.52. The number of hydrogen-bond donors (Lipinski definition) is 1. The first-order chi connectivity index (χ1) is 7.93. The van der Waals surface area contributed by atoms with Crippen LogP contribution in [0.4, 0.5) is 4.39 Å². The summed E-state index contributed by atoms with van der Waals surface area (Å²) in [5, 5.41) is 0. The zero-order valence-corrected chi connectivity index (χ0v) is 10.7. The summed E-state index contributed by atoms with van der Waals surface area (Å²) in [5.41, 5.74) is 7.58. The topological polar surface area (TPSA) is 35.2 Å². The van der Waals surface area contributed by atoms with Gasteiger partial charge in [-0.05, 0) is 36.1 Å². The summed E-state index contributed by atoms with van der Waals surface area (Å²) in [4.78, 5) is 0. The highest BCUT2D eigenvalue weighted by atomic mass is 19.1. The highest BCUT2D eigenvalue weighted by Crippen LogP contribution is 2.46. The van der Waals surface area contributed by atoms with Crippen molar-refractivity contribution >= 4 is 0 Å². The third-order valence-corrected chi connectivity index (χ3v) is 4.21. The van der Waals surface area contributed by atoms with E-state index in [9.17, 15) is 4.39 Å². The monoisotopic (exact) mass is 237 g/mol. The molecule has 0 unspecified atom stereocenters. The van der Waals surface area contributed by atoms with Crippen LogP contribution >= 0.6 is 0 Å². The van der Waals surface area contributed by atoms with Crippen molar-refractivity contribution in [3.8, 4) is 0 Å². The van der Waals surface area contributed by atoms with Gasteiger partial charge < -0.3 is 10.5 Å². The maximum atomic E-state index is 13.3. The third-order valence-electron chi connectivity index (χ3n) is 4.21. The molecular formula is C14H20FNO. The van der Waals surface area contributed by atoms with E-state index < -0.39 is 0 Å². The van der Waals surface area contributed by atoms with Gasteiger partial charge in [0, 0.05) is 5.41 Å². The fourth-order valence-corrected chi connectivity index (χ4v) is 2.39. The average molecular weight is 237 g/mol. The molecule has 0 bridgehead atoms. The average Bonchev–Trinajstić information content (AvgIpc) is 2.21. The minimum absolute atomic E-state index is 0.0461. The Kier molecular flexibility index (Phi) is 3.00. The highest BCUT2D eigenvalue weighted by Gasteiger charge is 2.51. The second kappa shape index (κ2) is 4.07. The van der Waals surface area contributed by atoms with E-state index in [0.717, 1.165) is 5.56 Å². The molecule has 1 fully saturated rings. The molecule has 0 saturated carbocycles. The molecule has 94 valence electrons. The Bertz CT molecular complexity index is 424. The summed E-state index contributed by atoms with van der Waals surface area (Å²) in [7, 11) is 0. The fraction of sp³-hybridized carbons (Fsp3) is 0.571. The molecule has 0 atom stereocenters. The van der Waals surface area contributed by atoms with Crippen LogP contribution in [0.5, 0.6) is 0 Å². The molecule has 1 aliphatic heterocycles. The van der Waals surface area contributed by atoms with Crippen molar-refractivity contribution in [2.24, 2.45) is 11.1 Å². The number of ether oxygens (including phenoxy) is 1. The smallest absolute Gasteiger partial charge is 0.126 e. The number of rotatable bonds is 3. The van der Waals surface area contributed by atoms with E-state index in [-0.39, 0.29) is 16.6 Å². The molecule has 0 radical (unpaired) electrons. The van der Waals surface area contributed by atoms with Crippen LogP contribution in [0.15, 0.2) is 18.2 Å². The van der Waals surface area contributed by atoms with Gasteiger partial charge in [0.25, 0.3) is 0 Å². The zero-order valence-electron chi connectivity index (χ0n) is 10.7. The molecule has 1 aliphatic rings. The largest absolute Gasteiger partial charge is 0.379 e. The van der Waals surface area contributed by atoms with E-state index in [2.05, 4.69) is 13.8 Å². The van der Waals surface area contributed by atoms with Crippen LogP contribution in [0.25, 0.3) is 0 Å². The molecule has 1 heterocycles. The summed E-state index contributed by atoms with van der Waals surface area (Å²) in [5.74, 6) is -0.158. The number of benzene rings is 1. The van der Waals surface area contributed by atoms with Gasteiger partial charge in [-0.1, -0.05) is 26.0 Å². The van der Waals surface area contributed by atoms with Crippen LogP contribution < -0.4 is 5.73 Å². The molecule has 17 heavy (non-hydrogen) atoms. The molecule has 2 nitrogen and oxygen atoms in total. The number of aryl methyl sites for hydroxylation is 1. The van der Waals surface area contributed by atoms with Gasteiger partial charge in [-0.3, -0.25) is 0 Å². The van der Waals surface area contributed by atoms with Gasteiger partial charge in [-0.15, -0.1) is 0 Å². The van der Waals surface area contributed by atoms with Crippen molar-refractivity contribution in [2.45, 2.75) is 26.2 Å². The van der Waals surface area contributed by atoms with Crippen LogP contribution in [0, 0.1) is 18.2 Å². The van der Waals surface area contributed by atoms with Crippen molar-refractivity contribution in [1.82, 2.24) is 0 Å². The molecule has 1 aromatic rings.